The molecule has 3 aromatic rings. The summed E-state index contributed by atoms with van der Waals surface area (Å²) in [5.41, 5.74) is 3.64. The molecule has 2 heterocycles. The fourth-order valence-corrected chi connectivity index (χ4v) is 4.23. The number of aryl methyl sites for hydroxylation is 1. The smallest absolute Gasteiger partial charge is 0.323 e. The van der Waals surface area contributed by atoms with Gasteiger partial charge >= 0.3 is 5.69 Å². The van der Waals surface area contributed by atoms with Gasteiger partial charge in [-0.15, -0.1) is 0 Å². The molecule has 1 aromatic heterocycles. The number of benzene rings is 2. The number of hydrogen-bond acceptors (Lipinski definition) is 5. The van der Waals surface area contributed by atoms with Crippen LogP contribution in [-0.4, -0.2) is 53.9 Å². The number of carbonyl (C=O) groups excluding carboxylic acids is 1. The standard InChI is InChI=1S/C24H28N4O3/c1-16-6-4-5-7-20(16)28-14-12-27(13-15-28)17(2)21-22(26-24(30)25-21)23(29)18-8-10-19(31-3)11-9-18/h4-11,17H,12-15H2,1-3H3,(H2,25,26,30). The Morgan fingerprint density at radius 2 is 1.68 bits per heavy atom. The Balaban J connectivity index is 1.51. The van der Waals surface area contributed by atoms with Gasteiger partial charge in [0.1, 0.15) is 11.4 Å². The molecule has 4 rings (SSSR count). The zero-order valence-corrected chi connectivity index (χ0v) is 18.1. The summed E-state index contributed by atoms with van der Waals surface area (Å²) in [6.07, 6.45) is 0. The summed E-state index contributed by atoms with van der Waals surface area (Å²) < 4.78 is 5.16. The van der Waals surface area contributed by atoms with Crippen LogP contribution in [-0.2, 0) is 0 Å². The number of nitrogens with one attached hydrogen (secondary N) is 2. The van der Waals surface area contributed by atoms with E-state index in [1.807, 2.05) is 6.92 Å². The molecule has 1 saturated heterocycles. The predicted octanol–water partition coefficient (Wildman–Crippen LogP) is 3.13. The molecule has 1 aliphatic rings. The normalized spacial score (nSPS) is 15.6. The first-order valence-electron chi connectivity index (χ1n) is 10.5. The SMILES string of the molecule is COc1ccc(C(=O)c2[nH]c(=O)[nH]c2C(C)N2CCN(c3ccccc3C)CC2)cc1. The van der Waals surface area contributed by atoms with E-state index in [2.05, 4.69) is 51.0 Å². The van der Waals surface area contributed by atoms with Gasteiger partial charge in [-0.1, -0.05) is 18.2 Å². The van der Waals surface area contributed by atoms with Crippen molar-refractivity contribution in [2.45, 2.75) is 19.9 Å². The van der Waals surface area contributed by atoms with Crippen molar-refractivity contribution in [2.24, 2.45) is 0 Å². The van der Waals surface area contributed by atoms with Gasteiger partial charge in [-0.2, -0.15) is 0 Å². The topological polar surface area (TPSA) is 81.4 Å². The van der Waals surface area contributed by atoms with Gasteiger partial charge in [-0.3, -0.25) is 9.69 Å². The van der Waals surface area contributed by atoms with Crippen molar-refractivity contribution in [3.05, 3.63) is 81.5 Å². The molecule has 1 fully saturated rings. The highest BCUT2D eigenvalue weighted by Gasteiger charge is 2.28. The van der Waals surface area contributed by atoms with Crippen molar-refractivity contribution in [1.29, 1.82) is 0 Å². The number of aromatic nitrogens is 2. The van der Waals surface area contributed by atoms with Gasteiger partial charge in [0, 0.05) is 43.5 Å². The summed E-state index contributed by atoms with van der Waals surface area (Å²) in [4.78, 5) is 35.4. The average Bonchev–Trinajstić information content (AvgIpc) is 3.20. The number of para-hydroxylation sites is 1. The van der Waals surface area contributed by atoms with Crippen molar-refractivity contribution in [2.75, 3.05) is 38.2 Å². The van der Waals surface area contributed by atoms with E-state index in [-0.39, 0.29) is 17.5 Å². The van der Waals surface area contributed by atoms with Crippen molar-refractivity contribution in [1.82, 2.24) is 14.9 Å². The lowest BCUT2D eigenvalue weighted by molar-refractivity contribution is 0.103. The van der Waals surface area contributed by atoms with E-state index in [1.165, 1.54) is 11.3 Å². The number of ketones is 1. The van der Waals surface area contributed by atoms with Gasteiger partial charge in [0.15, 0.2) is 0 Å². The number of rotatable bonds is 6. The fraction of sp³-hybridized carbons (Fsp3) is 0.333. The van der Waals surface area contributed by atoms with Crippen LogP contribution in [0.25, 0.3) is 0 Å². The summed E-state index contributed by atoms with van der Waals surface area (Å²) in [6.45, 7) is 7.65. The Labute approximate surface area is 181 Å². The number of imidazole rings is 1. The largest absolute Gasteiger partial charge is 0.497 e. The molecule has 1 unspecified atom stereocenters. The number of piperazine rings is 1. The number of anilines is 1. The van der Waals surface area contributed by atoms with Crippen LogP contribution in [0.5, 0.6) is 5.75 Å². The molecule has 2 N–H and O–H groups in total. The molecule has 7 nitrogen and oxygen atoms in total. The zero-order chi connectivity index (χ0) is 22.0. The van der Waals surface area contributed by atoms with Crippen LogP contribution in [0, 0.1) is 6.92 Å². The van der Waals surface area contributed by atoms with Gasteiger partial charge in [-0.05, 0) is 49.7 Å². The van der Waals surface area contributed by atoms with Crippen LogP contribution >= 0.6 is 0 Å². The van der Waals surface area contributed by atoms with Crippen LogP contribution in [0.1, 0.15) is 40.3 Å². The Bertz CT molecular complexity index is 1110. The van der Waals surface area contributed by atoms with Gasteiger partial charge in [0.05, 0.1) is 12.8 Å². The molecule has 7 heteroatoms. The molecule has 0 bridgehead atoms. The van der Waals surface area contributed by atoms with E-state index in [0.29, 0.717) is 22.7 Å². The second kappa shape index (κ2) is 8.81. The molecule has 0 amide bonds. The van der Waals surface area contributed by atoms with E-state index in [1.54, 1.807) is 31.4 Å². The lowest BCUT2D eigenvalue weighted by Crippen LogP contribution is -2.47. The lowest BCUT2D eigenvalue weighted by atomic mass is 10.0. The zero-order valence-electron chi connectivity index (χ0n) is 18.1. The van der Waals surface area contributed by atoms with Gasteiger partial charge in [0.2, 0.25) is 5.78 Å². The molecule has 2 aromatic carbocycles. The molecule has 0 spiro atoms. The van der Waals surface area contributed by atoms with Gasteiger partial charge < -0.3 is 19.6 Å². The maximum Gasteiger partial charge on any atom is 0.323 e. The average molecular weight is 421 g/mol. The third-order valence-electron chi connectivity index (χ3n) is 6.07. The third-order valence-corrected chi connectivity index (χ3v) is 6.07. The maximum atomic E-state index is 13.1. The van der Waals surface area contributed by atoms with Crippen LogP contribution in [0.2, 0.25) is 0 Å². The number of aromatic amines is 2. The van der Waals surface area contributed by atoms with E-state index in [0.717, 1.165) is 26.2 Å². The molecule has 31 heavy (non-hydrogen) atoms. The van der Waals surface area contributed by atoms with Gasteiger partial charge in [-0.25, -0.2) is 4.79 Å². The third kappa shape index (κ3) is 4.27. The molecular formula is C24H28N4O3. The van der Waals surface area contributed by atoms with E-state index in [4.69, 9.17) is 4.74 Å². The number of carbonyl (C=O) groups is 1. The molecule has 1 aliphatic heterocycles. The minimum atomic E-state index is -0.364. The maximum absolute atomic E-state index is 13.1. The van der Waals surface area contributed by atoms with Crippen LogP contribution in [0.4, 0.5) is 5.69 Å². The number of methoxy groups -OCH3 is 1. The number of ether oxygens (including phenoxy) is 1. The summed E-state index contributed by atoms with van der Waals surface area (Å²) in [6, 6.07) is 15.2. The van der Waals surface area contributed by atoms with Crippen molar-refractivity contribution in [3.8, 4) is 5.75 Å². The van der Waals surface area contributed by atoms with E-state index < -0.39 is 0 Å². The Morgan fingerprint density at radius 1 is 1.00 bits per heavy atom. The molecule has 0 aliphatic carbocycles. The molecule has 162 valence electrons. The first-order valence-corrected chi connectivity index (χ1v) is 10.5. The quantitative estimate of drug-likeness (QED) is 0.599. The second-order valence-corrected chi connectivity index (χ2v) is 7.91. The van der Waals surface area contributed by atoms with Crippen LogP contribution in [0.3, 0.4) is 0 Å². The van der Waals surface area contributed by atoms with Crippen molar-refractivity contribution < 1.29 is 9.53 Å². The number of hydrogen-bond donors (Lipinski definition) is 2. The minimum Gasteiger partial charge on any atom is -0.497 e. The van der Waals surface area contributed by atoms with Crippen LogP contribution < -0.4 is 15.3 Å². The summed E-state index contributed by atoms with van der Waals surface area (Å²) in [5, 5.41) is 0. The monoisotopic (exact) mass is 420 g/mol. The van der Waals surface area contributed by atoms with E-state index >= 15 is 0 Å². The summed E-state index contributed by atoms with van der Waals surface area (Å²) >= 11 is 0. The highest BCUT2D eigenvalue weighted by Crippen LogP contribution is 2.26. The second-order valence-electron chi connectivity index (χ2n) is 7.91. The van der Waals surface area contributed by atoms with E-state index in [9.17, 15) is 9.59 Å². The lowest BCUT2D eigenvalue weighted by Gasteiger charge is -2.39. The Morgan fingerprint density at radius 3 is 2.32 bits per heavy atom. The molecule has 1 atom stereocenters. The highest BCUT2D eigenvalue weighted by molar-refractivity contribution is 6.08. The minimum absolute atomic E-state index is 0.0878. The van der Waals surface area contributed by atoms with Crippen molar-refractivity contribution >= 4 is 11.5 Å². The molecule has 0 radical (unpaired) electrons. The number of H-pyrrole nitrogens is 2. The highest BCUT2D eigenvalue weighted by atomic mass is 16.5. The summed E-state index contributed by atoms with van der Waals surface area (Å²) in [5.74, 6) is 0.473. The van der Waals surface area contributed by atoms with Gasteiger partial charge in [0.25, 0.3) is 0 Å². The predicted molar refractivity (Wildman–Crippen MR) is 121 cm³/mol. The molecular weight excluding hydrogens is 392 g/mol. The number of nitrogens with zero attached hydrogens (tertiary/aromatic N) is 2. The first-order chi connectivity index (χ1) is 15.0. The molecule has 0 saturated carbocycles. The van der Waals surface area contributed by atoms with Crippen LogP contribution in [0.15, 0.2) is 53.3 Å². The Hall–Kier alpha value is -3.32. The Kier molecular flexibility index (Phi) is 5.95. The fourth-order valence-electron chi connectivity index (χ4n) is 4.23. The summed E-state index contributed by atoms with van der Waals surface area (Å²) in [7, 11) is 1.58. The first kappa shape index (κ1) is 20.9. The van der Waals surface area contributed by atoms with Crippen molar-refractivity contribution in [3.63, 3.8) is 0 Å².